The zero-order chi connectivity index (χ0) is 29.8. The van der Waals surface area contributed by atoms with Crippen molar-refractivity contribution in [1.29, 1.82) is 0 Å². The van der Waals surface area contributed by atoms with Crippen molar-refractivity contribution in [3.8, 4) is 17.0 Å². The van der Waals surface area contributed by atoms with Gasteiger partial charge in [0.1, 0.15) is 23.1 Å². The molecular weight excluding hydrogens is 600 g/mol. The number of carbonyl (C=O) groups is 2. The summed E-state index contributed by atoms with van der Waals surface area (Å²) in [5, 5.41) is 24.8. The molecule has 0 aliphatic carbocycles. The summed E-state index contributed by atoms with van der Waals surface area (Å²) in [5.74, 6) is -5.66. The standard InChI is InChI=1S/C27H19ClF5N3O5.Na/c1-41-13-9-35(10-13)25(38)12-5-20(30)23-21(6-12)36(11-16-17(27(31,32)33)3-2-4-18(16)28)34-24(23)14-8-22(37)15(26(39)40)7-19(14)29;/h2-8,13,37H,9-11H2,1H3,(H,39,40);/q;+1/p-1. The fourth-order valence-electron chi connectivity index (χ4n) is 4.66. The SMILES string of the molecule is COC1CN(C(=O)c2cc(F)c3c(-c4cc(O)c(C(=O)[O-])cc4F)nn(Cc4c(Cl)cccc4C(F)(F)F)c3c2)C1.[Na+]. The minimum absolute atomic E-state index is 0. The van der Waals surface area contributed by atoms with E-state index in [1.54, 1.807) is 0 Å². The first kappa shape index (κ1) is 31.7. The molecule has 1 aliphatic heterocycles. The molecule has 4 aromatic rings. The smallest absolute Gasteiger partial charge is 0.545 e. The number of aromatic nitrogens is 2. The van der Waals surface area contributed by atoms with Gasteiger partial charge in [0.15, 0.2) is 0 Å². The molecule has 0 radical (unpaired) electrons. The third-order valence-electron chi connectivity index (χ3n) is 6.81. The van der Waals surface area contributed by atoms with Crippen molar-refractivity contribution in [1.82, 2.24) is 14.7 Å². The first-order valence-electron chi connectivity index (χ1n) is 11.9. The predicted molar refractivity (Wildman–Crippen MR) is 133 cm³/mol. The van der Waals surface area contributed by atoms with Gasteiger partial charge in [-0.25, -0.2) is 8.78 Å². The molecule has 2 heterocycles. The molecule has 1 N–H and O–H groups in total. The van der Waals surface area contributed by atoms with Crippen LogP contribution >= 0.6 is 11.6 Å². The molecule has 1 saturated heterocycles. The molecule has 1 aliphatic rings. The molecule has 42 heavy (non-hydrogen) atoms. The van der Waals surface area contributed by atoms with Crippen LogP contribution in [0.3, 0.4) is 0 Å². The van der Waals surface area contributed by atoms with Gasteiger partial charge in [0.25, 0.3) is 5.91 Å². The van der Waals surface area contributed by atoms with E-state index >= 15 is 8.78 Å². The van der Waals surface area contributed by atoms with Crippen LogP contribution in [0.25, 0.3) is 22.2 Å². The summed E-state index contributed by atoms with van der Waals surface area (Å²) in [6, 6.07) is 6.35. The van der Waals surface area contributed by atoms with Crippen LogP contribution in [-0.2, 0) is 17.5 Å². The quantitative estimate of drug-likeness (QED) is 0.258. The van der Waals surface area contributed by atoms with Gasteiger partial charge in [0, 0.05) is 47.5 Å². The van der Waals surface area contributed by atoms with E-state index in [-0.39, 0.29) is 70.2 Å². The molecule has 1 aromatic heterocycles. The van der Waals surface area contributed by atoms with E-state index in [0.717, 1.165) is 22.9 Å². The van der Waals surface area contributed by atoms with E-state index in [1.807, 2.05) is 0 Å². The molecule has 0 unspecified atom stereocenters. The number of alkyl halides is 3. The summed E-state index contributed by atoms with van der Waals surface area (Å²) < 4.78 is 78.2. The van der Waals surface area contributed by atoms with Crippen LogP contribution in [0, 0.1) is 11.6 Å². The summed E-state index contributed by atoms with van der Waals surface area (Å²) in [7, 11) is 1.47. The Morgan fingerprint density at radius 3 is 2.45 bits per heavy atom. The number of carboxylic acids is 1. The summed E-state index contributed by atoms with van der Waals surface area (Å²) >= 11 is 6.12. The summed E-state index contributed by atoms with van der Waals surface area (Å²) in [6.07, 6.45) is -5.02. The van der Waals surface area contributed by atoms with Gasteiger partial charge in [-0.1, -0.05) is 17.7 Å². The number of nitrogens with zero attached hydrogens (tertiary/aromatic N) is 3. The molecule has 0 saturated carbocycles. The van der Waals surface area contributed by atoms with Crippen molar-refractivity contribution < 1.29 is 76.0 Å². The van der Waals surface area contributed by atoms with E-state index in [9.17, 15) is 33.0 Å². The second kappa shape index (κ2) is 11.8. The average Bonchev–Trinajstić information content (AvgIpc) is 3.23. The van der Waals surface area contributed by atoms with Gasteiger partial charge in [-0.15, -0.1) is 0 Å². The number of aromatic hydroxyl groups is 1. The third-order valence-corrected chi connectivity index (χ3v) is 7.17. The molecule has 0 spiro atoms. The number of hydrogen-bond acceptors (Lipinski definition) is 6. The first-order valence-corrected chi connectivity index (χ1v) is 12.3. The summed E-state index contributed by atoms with van der Waals surface area (Å²) in [5.41, 5.74) is -3.72. The van der Waals surface area contributed by atoms with Crippen LogP contribution < -0.4 is 34.7 Å². The molecule has 1 fully saturated rings. The molecule has 1 amide bonds. The van der Waals surface area contributed by atoms with Gasteiger partial charge < -0.3 is 24.6 Å². The minimum Gasteiger partial charge on any atom is -0.545 e. The van der Waals surface area contributed by atoms with E-state index in [2.05, 4.69) is 5.10 Å². The number of fused-ring (bicyclic) bond motifs is 1. The summed E-state index contributed by atoms with van der Waals surface area (Å²) in [4.78, 5) is 25.6. The number of methoxy groups -OCH3 is 1. The number of carboxylic acid groups (broad SMARTS) is 1. The number of likely N-dealkylation sites (tertiary alicyclic amines) is 1. The normalized spacial score (nSPS) is 13.6. The largest absolute Gasteiger partial charge is 1.00 e. The van der Waals surface area contributed by atoms with Gasteiger partial charge in [-0.2, -0.15) is 18.3 Å². The summed E-state index contributed by atoms with van der Waals surface area (Å²) in [6.45, 7) is -0.186. The second-order valence-corrected chi connectivity index (χ2v) is 9.73. The van der Waals surface area contributed by atoms with Crippen LogP contribution in [0.1, 0.15) is 31.8 Å². The Hall–Kier alpha value is -3.23. The van der Waals surface area contributed by atoms with Gasteiger partial charge >= 0.3 is 35.7 Å². The number of rotatable bonds is 6. The number of aromatic carboxylic acids is 1. The maximum atomic E-state index is 15.7. The van der Waals surface area contributed by atoms with Crippen molar-refractivity contribution in [2.24, 2.45) is 0 Å². The van der Waals surface area contributed by atoms with E-state index in [4.69, 9.17) is 16.3 Å². The van der Waals surface area contributed by atoms with Crippen molar-refractivity contribution >= 4 is 34.4 Å². The predicted octanol–water partition coefficient (Wildman–Crippen LogP) is 1.25. The van der Waals surface area contributed by atoms with Crippen molar-refractivity contribution in [3.63, 3.8) is 0 Å². The Morgan fingerprint density at radius 1 is 1.14 bits per heavy atom. The van der Waals surface area contributed by atoms with Gasteiger partial charge in [-0.05, 0) is 36.4 Å². The molecule has 0 bridgehead atoms. The van der Waals surface area contributed by atoms with Crippen molar-refractivity contribution in [3.05, 3.63) is 81.4 Å². The third kappa shape index (κ3) is 5.71. The van der Waals surface area contributed by atoms with Crippen LogP contribution in [0.2, 0.25) is 5.02 Å². The van der Waals surface area contributed by atoms with Crippen LogP contribution in [-0.4, -0.2) is 58.0 Å². The van der Waals surface area contributed by atoms with Crippen LogP contribution in [0.4, 0.5) is 22.0 Å². The molecule has 3 aromatic carbocycles. The van der Waals surface area contributed by atoms with E-state index in [0.29, 0.717) is 12.1 Å². The molecular formula is C27H18ClF5N3NaO5. The topological polar surface area (TPSA) is 108 Å². The Balaban J connectivity index is 0.00000405. The van der Waals surface area contributed by atoms with Crippen LogP contribution in [0.15, 0.2) is 42.5 Å². The zero-order valence-corrected chi connectivity index (χ0v) is 24.7. The number of hydrogen-bond donors (Lipinski definition) is 1. The van der Waals surface area contributed by atoms with Gasteiger partial charge in [0.05, 0.1) is 35.1 Å². The maximum absolute atomic E-state index is 15.7. The minimum atomic E-state index is -4.81. The molecule has 8 nitrogen and oxygen atoms in total. The van der Waals surface area contributed by atoms with Crippen LogP contribution in [0.5, 0.6) is 5.75 Å². The Kier molecular flexibility index (Phi) is 8.91. The zero-order valence-electron chi connectivity index (χ0n) is 21.9. The number of amides is 1. The van der Waals surface area contributed by atoms with Gasteiger partial charge in [-0.3, -0.25) is 9.48 Å². The number of benzene rings is 3. The number of phenols is 1. The Bertz CT molecular complexity index is 1720. The molecule has 0 atom stereocenters. The van der Waals surface area contributed by atoms with Crippen molar-refractivity contribution in [2.75, 3.05) is 20.2 Å². The molecule has 5 rings (SSSR count). The first-order chi connectivity index (χ1) is 19.3. The van der Waals surface area contributed by atoms with Crippen molar-refractivity contribution in [2.45, 2.75) is 18.8 Å². The van der Waals surface area contributed by atoms with E-state index < -0.39 is 69.9 Å². The number of carbonyl (C=O) groups excluding carboxylic acids is 2. The van der Waals surface area contributed by atoms with Gasteiger partial charge in [0.2, 0.25) is 0 Å². The monoisotopic (exact) mass is 617 g/mol. The Morgan fingerprint density at radius 2 is 1.83 bits per heavy atom. The molecule has 214 valence electrons. The van der Waals surface area contributed by atoms with E-state index in [1.165, 1.54) is 24.1 Å². The number of halogens is 6. The number of ether oxygens (including phenoxy) is 1. The molecule has 15 heteroatoms. The second-order valence-electron chi connectivity index (χ2n) is 9.33. The fraction of sp³-hybridized carbons (Fsp3) is 0.222. The Labute approximate surface area is 261 Å². The maximum Gasteiger partial charge on any atom is 1.00 e. The fourth-order valence-corrected chi connectivity index (χ4v) is 4.90. The average molecular weight is 618 g/mol.